The van der Waals surface area contributed by atoms with E-state index in [9.17, 15) is 28.9 Å². The molecule has 0 spiro atoms. The van der Waals surface area contributed by atoms with Gasteiger partial charge in [-0.3, -0.25) is 23.4 Å². The van der Waals surface area contributed by atoms with Gasteiger partial charge in [0.05, 0.1) is 19.8 Å². The van der Waals surface area contributed by atoms with Gasteiger partial charge in [-0.1, -0.05) is 172 Å². The molecule has 0 amide bonds. The smallest absolute Gasteiger partial charge is 0.462 e. The van der Waals surface area contributed by atoms with E-state index in [0.29, 0.717) is 6.42 Å². The summed E-state index contributed by atoms with van der Waals surface area (Å²) in [5.41, 5.74) is 0. The largest absolute Gasteiger partial charge is 0.472 e. The lowest BCUT2D eigenvalue weighted by molar-refractivity contribution is -0.161. The molecule has 342 valence electrons. The number of hydrogen-bond donors (Lipinski definition) is 3. The van der Waals surface area contributed by atoms with Crippen LogP contribution in [0.1, 0.15) is 188 Å². The third-order valence-electron chi connectivity index (χ3n) is 9.64. The van der Waals surface area contributed by atoms with Crippen molar-refractivity contribution in [3.63, 3.8) is 0 Å². The normalized spacial score (nSPS) is 14.2. The summed E-state index contributed by atoms with van der Waals surface area (Å²) in [6.45, 7) is 4.42. The summed E-state index contributed by atoms with van der Waals surface area (Å²) in [5.74, 6) is -0.506. The fraction of sp³-hybridized carbons (Fsp3) is 0.766. The molecule has 0 aliphatic carbocycles. The highest BCUT2D eigenvalue weighted by atomic mass is 31.2. The highest BCUT2D eigenvalue weighted by Gasteiger charge is 2.27. The quantitative estimate of drug-likeness (QED) is 0.0134. The van der Waals surface area contributed by atoms with E-state index < -0.39 is 58.4 Å². The maximum absolute atomic E-state index is 12.6. The zero-order valence-electron chi connectivity index (χ0n) is 37.1. The number of hydrogen-bond acceptors (Lipinski definition) is 10. The lowest BCUT2D eigenvalue weighted by Crippen LogP contribution is -2.30. The Labute approximate surface area is 358 Å². The standard InChI is InChI=1S/C47H83O11P/c1-4-5-6-7-8-9-10-14-18-21-24-27-30-34-43(49)35-32-37-47(52)58-45(41-57-59(53,54)56-39-44(50)38-48)40-55-46(51)36-31-28-25-22-19-16-13-11-12-15-17-20-23-26-29-33-42(2)3/h8-9,14,18,24,27,30,34,42,44-45,48,50H,4-7,10-13,15-17,19-23,25-26,28-29,31-33,35-41H2,1-3H3,(H,53,54)/b9-8-,18-14-,27-24-,34-30+/t44-,45+/m0/s1. The van der Waals surface area contributed by atoms with Crippen LogP contribution in [0, 0.1) is 5.92 Å². The molecule has 0 aromatic carbocycles. The second kappa shape index (κ2) is 41.0. The van der Waals surface area contributed by atoms with E-state index in [-0.39, 0.29) is 31.5 Å². The number of esters is 2. The Bertz CT molecular complexity index is 1200. The molecule has 0 aliphatic heterocycles. The van der Waals surface area contributed by atoms with Gasteiger partial charge in [-0.05, 0) is 50.5 Å². The first-order valence-corrected chi connectivity index (χ1v) is 24.4. The molecule has 0 bridgehead atoms. The zero-order chi connectivity index (χ0) is 43.7. The number of ketones is 1. The summed E-state index contributed by atoms with van der Waals surface area (Å²) in [7, 11) is -4.69. The van der Waals surface area contributed by atoms with Crippen LogP contribution in [0.2, 0.25) is 0 Å². The number of unbranched alkanes of at least 4 members (excludes halogenated alkanes) is 17. The van der Waals surface area contributed by atoms with E-state index >= 15 is 0 Å². The average Bonchev–Trinajstić information content (AvgIpc) is 3.20. The maximum Gasteiger partial charge on any atom is 0.472 e. The molecule has 0 aliphatic rings. The molecule has 0 fully saturated rings. The van der Waals surface area contributed by atoms with Crippen LogP contribution in [0.25, 0.3) is 0 Å². The first kappa shape index (κ1) is 56.6. The van der Waals surface area contributed by atoms with Crippen LogP contribution in [0.3, 0.4) is 0 Å². The fourth-order valence-electron chi connectivity index (χ4n) is 6.07. The highest BCUT2D eigenvalue weighted by molar-refractivity contribution is 7.47. The zero-order valence-corrected chi connectivity index (χ0v) is 38.0. The monoisotopic (exact) mass is 855 g/mol. The summed E-state index contributed by atoms with van der Waals surface area (Å²) in [4.78, 5) is 47.3. The Morgan fingerprint density at radius 1 is 0.610 bits per heavy atom. The van der Waals surface area contributed by atoms with Crippen LogP contribution in [0.4, 0.5) is 0 Å². The third-order valence-corrected chi connectivity index (χ3v) is 10.6. The molecule has 12 heteroatoms. The van der Waals surface area contributed by atoms with Gasteiger partial charge in [-0.2, -0.15) is 0 Å². The minimum Gasteiger partial charge on any atom is -0.462 e. The SMILES string of the molecule is CCCCC/C=C\C/C=C\C/C=C\C=C\C(=O)CCCC(=O)O[C@H](COC(=O)CCCCCCCCCCCCCCCCCC(C)C)COP(=O)(O)OC[C@@H](O)CO. The summed E-state index contributed by atoms with van der Waals surface area (Å²) >= 11 is 0. The molecule has 0 heterocycles. The molecular formula is C47H83O11P. The Kier molecular flexibility index (Phi) is 39.3. The van der Waals surface area contributed by atoms with Crippen LogP contribution in [-0.2, 0) is 37.5 Å². The molecule has 3 atom stereocenters. The van der Waals surface area contributed by atoms with Gasteiger partial charge in [0.1, 0.15) is 12.7 Å². The van der Waals surface area contributed by atoms with Crippen molar-refractivity contribution >= 4 is 25.5 Å². The predicted octanol–water partition coefficient (Wildman–Crippen LogP) is 11.5. The first-order valence-electron chi connectivity index (χ1n) is 22.9. The Hall–Kier alpha value is -2.40. The van der Waals surface area contributed by atoms with E-state index in [0.717, 1.165) is 44.4 Å². The molecule has 59 heavy (non-hydrogen) atoms. The molecule has 0 saturated carbocycles. The van der Waals surface area contributed by atoms with E-state index in [2.05, 4.69) is 49.6 Å². The fourth-order valence-corrected chi connectivity index (χ4v) is 6.86. The number of ether oxygens (including phenoxy) is 2. The lowest BCUT2D eigenvalue weighted by atomic mass is 10.0. The molecule has 0 aromatic heterocycles. The number of rotatable bonds is 42. The van der Waals surface area contributed by atoms with Crippen molar-refractivity contribution in [2.24, 2.45) is 5.92 Å². The summed E-state index contributed by atoms with van der Waals surface area (Å²) in [6, 6.07) is 0. The first-order chi connectivity index (χ1) is 28.5. The Morgan fingerprint density at radius 3 is 1.75 bits per heavy atom. The van der Waals surface area contributed by atoms with Gasteiger partial charge >= 0.3 is 19.8 Å². The van der Waals surface area contributed by atoms with Crippen molar-refractivity contribution in [3.05, 3.63) is 48.6 Å². The Morgan fingerprint density at radius 2 is 1.15 bits per heavy atom. The molecule has 1 unspecified atom stereocenters. The molecule has 0 rings (SSSR count). The van der Waals surface area contributed by atoms with E-state index in [1.165, 1.54) is 102 Å². The molecule has 0 saturated heterocycles. The maximum atomic E-state index is 12.6. The van der Waals surface area contributed by atoms with Crippen molar-refractivity contribution in [2.75, 3.05) is 26.4 Å². The number of aliphatic hydroxyl groups is 2. The van der Waals surface area contributed by atoms with Gasteiger partial charge in [-0.25, -0.2) is 4.57 Å². The molecule has 0 aromatic rings. The van der Waals surface area contributed by atoms with E-state index in [4.69, 9.17) is 19.1 Å². The summed E-state index contributed by atoms with van der Waals surface area (Å²) in [6.07, 6.45) is 39.4. The summed E-state index contributed by atoms with van der Waals surface area (Å²) < 4.78 is 32.5. The number of phosphoric ester groups is 1. The third kappa shape index (κ3) is 42.1. The lowest BCUT2D eigenvalue weighted by Gasteiger charge is -2.20. The van der Waals surface area contributed by atoms with Gasteiger partial charge in [-0.15, -0.1) is 0 Å². The molecule has 3 N–H and O–H groups in total. The van der Waals surface area contributed by atoms with Gasteiger partial charge in [0, 0.05) is 19.3 Å². The minimum atomic E-state index is -4.69. The number of aliphatic hydroxyl groups excluding tert-OH is 2. The van der Waals surface area contributed by atoms with Crippen molar-refractivity contribution in [3.8, 4) is 0 Å². The number of allylic oxidation sites excluding steroid dienone is 8. The van der Waals surface area contributed by atoms with Crippen molar-refractivity contribution < 1.29 is 52.6 Å². The summed E-state index contributed by atoms with van der Waals surface area (Å²) in [5, 5.41) is 18.3. The van der Waals surface area contributed by atoms with Crippen LogP contribution in [0.5, 0.6) is 0 Å². The molecule has 0 radical (unpaired) electrons. The number of phosphoric acid groups is 1. The minimum absolute atomic E-state index is 0.105. The van der Waals surface area contributed by atoms with Gasteiger partial charge in [0.15, 0.2) is 11.9 Å². The van der Waals surface area contributed by atoms with Crippen LogP contribution in [0.15, 0.2) is 48.6 Å². The molecule has 11 nitrogen and oxygen atoms in total. The van der Waals surface area contributed by atoms with Crippen LogP contribution < -0.4 is 0 Å². The predicted molar refractivity (Wildman–Crippen MR) is 238 cm³/mol. The van der Waals surface area contributed by atoms with E-state index in [1.807, 2.05) is 6.08 Å². The van der Waals surface area contributed by atoms with Crippen molar-refractivity contribution in [1.29, 1.82) is 0 Å². The van der Waals surface area contributed by atoms with Gasteiger partial charge in [0.25, 0.3) is 0 Å². The van der Waals surface area contributed by atoms with Gasteiger partial charge in [0.2, 0.25) is 0 Å². The average molecular weight is 855 g/mol. The molecular weight excluding hydrogens is 771 g/mol. The second-order valence-corrected chi connectivity index (χ2v) is 17.4. The van der Waals surface area contributed by atoms with E-state index in [1.54, 1.807) is 12.2 Å². The highest BCUT2D eigenvalue weighted by Crippen LogP contribution is 2.43. The Balaban J connectivity index is 4.43. The van der Waals surface area contributed by atoms with Crippen LogP contribution >= 0.6 is 7.82 Å². The van der Waals surface area contributed by atoms with Gasteiger partial charge < -0.3 is 24.6 Å². The number of carbonyl (C=O) groups is 3. The van der Waals surface area contributed by atoms with Crippen molar-refractivity contribution in [1.82, 2.24) is 0 Å². The van der Waals surface area contributed by atoms with Crippen LogP contribution in [-0.4, -0.2) is 71.5 Å². The topological polar surface area (TPSA) is 166 Å². The number of carbonyl (C=O) groups excluding carboxylic acids is 3. The van der Waals surface area contributed by atoms with Crippen molar-refractivity contribution in [2.45, 2.75) is 200 Å². The second-order valence-electron chi connectivity index (χ2n) is 15.9.